The summed E-state index contributed by atoms with van der Waals surface area (Å²) in [5.41, 5.74) is 1.59. The van der Waals surface area contributed by atoms with Crippen molar-refractivity contribution in [2.24, 2.45) is 0 Å². The van der Waals surface area contributed by atoms with Gasteiger partial charge in [0.1, 0.15) is 12.0 Å². The van der Waals surface area contributed by atoms with Crippen molar-refractivity contribution in [3.05, 3.63) is 46.5 Å². The van der Waals surface area contributed by atoms with Crippen LogP contribution in [0.15, 0.2) is 36.4 Å². The molecule has 8 nitrogen and oxygen atoms in total. The van der Waals surface area contributed by atoms with Crippen molar-refractivity contribution in [2.75, 3.05) is 54.4 Å². The Morgan fingerprint density at radius 2 is 1.86 bits per heavy atom. The summed E-state index contributed by atoms with van der Waals surface area (Å²) in [7, 11) is 0. The van der Waals surface area contributed by atoms with Crippen LogP contribution in [0.25, 0.3) is 0 Å². The number of nitrogens with zero attached hydrogens (tertiary/aromatic N) is 4. The number of alkyl halides is 1. The lowest BCUT2D eigenvalue weighted by molar-refractivity contribution is -0.384. The Morgan fingerprint density at radius 3 is 2.55 bits per heavy atom. The fraction of sp³-hybridized carbons (Fsp3) is 0.450. The summed E-state index contributed by atoms with van der Waals surface area (Å²) >= 11 is 0. The van der Waals surface area contributed by atoms with Gasteiger partial charge in [0.05, 0.1) is 4.92 Å². The van der Waals surface area contributed by atoms with E-state index in [0.29, 0.717) is 18.7 Å². The van der Waals surface area contributed by atoms with Crippen LogP contribution >= 0.6 is 0 Å². The van der Waals surface area contributed by atoms with Gasteiger partial charge in [0.15, 0.2) is 0 Å². The Balaban J connectivity index is 1.53. The van der Waals surface area contributed by atoms with Gasteiger partial charge in [0.2, 0.25) is 5.82 Å². The second-order valence-corrected chi connectivity index (χ2v) is 7.39. The number of piperazine rings is 1. The Bertz CT molecular complexity index is 857. The molecule has 0 spiro atoms. The molecule has 1 unspecified atom stereocenters. The van der Waals surface area contributed by atoms with Gasteiger partial charge in [0.25, 0.3) is 0 Å². The van der Waals surface area contributed by atoms with Crippen molar-refractivity contribution in [3.8, 4) is 0 Å². The van der Waals surface area contributed by atoms with Crippen LogP contribution in [0.1, 0.15) is 12.8 Å². The number of hydrogen-bond donors (Lipinski definition) is 2. The molecule has 2 fully saturated rings. The molecule has 0 saturated carbocycles. The number of halogens is 1. The molecule has 2 aromatic rings. The molecule has 2 aliphatic rings. The molecule has 2 saturated heterocycles. The van der Waals surface area contributed by atoms with Crippen LogP contribution in [0.5, 0.6) is 0 Å². The average molecular weight is 400 g/mol. The number of hydrogen-bond acceptors (Lipinski definition) is 7. The maximum Gasteiger partial charge on any atom is 0.311 e. The molecule has 0 bridgehead atoms. The van der Waals surface area contributed by atoms with Crippen molar-refractivity contribution < 1.29 is 9.31 Å². The fourth-order valence-electron chi connectivity index (χ4n) is 3.80. The lowest BCUT2D eigenvalue weighted by Gasteiger charge is -2.31. The molecule has 2 aliphatic heterocycles. The third-order valence-electron chi connectivity index (χ3n) is 5.36. The molecule has 1 aromatic carbocycles. The maximum absolute atomic E-state index is 13.7. The van der Waals surface area contributed by atoms with Crippen molar-refractivity contribution in [2.45, 2.75) is 19.0 Å². The van der Waals surface area contributed by atoms with E-state index in [4.69, 9.17) is 0 Å². The van der Waals surface area contributed by atoms with E-state index in [0.717, 1.165) is 50.6 Å². The molecular weight excluding hydrogens is 375 g/mol. The van der Waals surface area contributed by atoms with Gasteiger partial charge in [0, 0.05) is 56.7 Å². The number of anilines is 4. The number of nitrogens with one attached hydrogen (secondary N) is 2. The van der Waals surface area contributed by atoms with Gasteiger partial charge in [-0.1, -0.05) is 0 Å². The van der Waals surface area contributed by atoms with E-state index >= 15 is 0 Å². The summed E-state index contributed by atoms with van der Waals surface area (Å²) in [6, 6.07) is 10.7. The summed E-state index contributed by atoms with van der Waals surface area (Å²) in [4.78, 5) is 19.7. The summed E-state index contributed by atoms with van der Waals surface area (Å²) < 4.78 is 13.7. The van der Waals surface area contributed by atoms with E-state index in [2.05, 4.69) is 20.5 Å². The zero-order chi connectivity index (χ0) is 20.2. The van der Waals surface area contributed by atoms with Gasteiger partial charge in [-0.15, -0.1) is 0 Å². The zero-order valence-corrected chi connectivity index (χ0v) is 16.2. The van der Waals surface area contributed by atoms with Gasteiger partial charge >= 0.3 is 5.69 Å². The smallest absolute Gasteiger partial charge is 0.311 e. The molecule has 9 heteroatoms. The molecule has 0 amide bonds. The van der Waals surface area contributed by atoms with Gasteiger partial charge < -0.3 is 20.4 Å². The Kier molecular flexibility index (Phi) is 5.75. The third-order valence-corrected chi connectivity index (χ3v) is 5.36. The first-order valence-electron chi connectivity index (χ1n) is 9.97. The number of piperidine rings is 1. The molecule has 3 heterocycles. The van der Waals surface area contributed by atoms with Crippen molar-refractivity contribution in [3.63, 3.8) is 0 Å². The summed E-state index contributed by atoms with van der Waals surface area (Å²) in [6.07, 6.45) is 0.673. The standard InChI is InChI=1S/C20H25FN6O2/c21-15-2-1-11-26(14-15)17-5-3-16(4-6-17)23-20-18(27(28)29)7-8-19(24-20)25-12-9-22-10-13-25/h3-8,15,22H,1-2,9-14H2,(H,23,24). The monoisotopic (exact) mass is 400 g/mol. The zero-order valence-electron chi connectivity index (χ0n) is 16.2. The summed E-state index contributed by atoms with van der Waals surface area (Å²) in [6.45, 7) is 4.59. The second-order valence-electron chi connectivity index (χ2n) is 7.39. The van der Waals surface area contributed by atoms with E-state index in [9.17, 15) is 14.5 Å². The highest BCUT2D eigenvalue weighted by Crippen LogP contribution is 2.30. The summed E-state index contributed by atoms with van der Waals surface area (Å²) in [5, 5.41) is 17.8. The Morgan fingerprint density at radius 1 is 1.10 bits per heavy atom. The first-order valence-corrected chi connectivity index (χ1v) is 9.97. The van der Waals surface area contributed by atoms with Crippen LogP contribution < -0.4 is 20.4 Å². The topological polar surface area (TPSA) is 86.6 Å². The SMILES string of the molecule is O=[N+]([O-])c1ccc(N2CCNCC2)nc1Nc1ccc(N2CCCC(F)C2)cc1. The molecule has 0 aliphatic carbocycles. The third kappa shape index (κ3) is 4.56. The van der Waals surface area contributed by atoms with Gasteiger partial charge in [-0.2, -0.15) is 0 Å². The highest BCUT2D eigenvalue weighted by Gasteiger charge is 2.21. The normalized spacial score (nSPS) is 19.8. The first kappa shape index (κ1) is 19.4. The molecule has 1 aromatic heterocycles. The van der Waals surface area contributed by atoms with Crippen molar-refractivity contribution in [1.82, 2.24) is 10.3 Å². The van der Waals surface area contributed by atoms with Crippen LogP contribution in [-0.2, 0) is 0 Å². The minimum atomic E-state index is -0.791. The predicted molar refractivity (Wildman–Crippen MR) is 112 cm³/mol. The number of nitro groups is 1. The lowest BCUT2D eigenvalue weighted by atomic mass is 10.1. The van der Waals surface area contributed by atoms with Crippen LogP contribution in [0.2, 0.25) is 0 Å². The molecule has 29 heavy (non-hydrogen) atoms. The number of rotatable bonds is 5. The maximum atomic E-state index is 13.7. The number of pyridine rings is 1. The molecular formula is C20H25FN6O2. The average Bonchev–Trinajstić information content (AvgIpc) is 2.75. The predicted octanol–water partition coefficient (Wildman–Crippen LogP) is 3.08. The molecule has 1 atom stereocenters. The summed E-state index contributed by atoms with van der Waals surface area (Å²) in [5.74, 6) is 0.944. The largest absolute Gasteiger partial charge is 0.369 e. The molecule has 4 rings (SSSR count). The number of benzene rings is 1. The van der Waals surface area contributed by atoms with Crippen LogP contribution in [0.3, 0.4) is 0 Å². The molecule has 0 radical (unpaired) electrons. The van der Waals surface area contributed by atoms with Crippen LogP contribution in [0.4, 0.5) is 33.1 Å². The van der Waals surface area contributed by atoms with Crippen molar-refractivity contribution >= 4 is 28.7 Å². The lowest BCUT2D eigenvalue weighted by Crippen LogP contribution is -2.43. The van der Waals surface area contributed by atoms with E-state index in [1.54, 1.807) is 6.07 Å². The minimum Gasteiger partial charge on any atom is -0.369 e. The number of aromatic nitrogens is 1. The second kappa shape index (κ2) is 8.60. The quantitative estimate of drug-likeness (QED) is 0.589. The highest BCUT2D eigenvalue weighted by molar-refractivity contribution is 5.69. The van der Waals surface area contributed by atoms with Crippen molar-refractivity contribution in [1.29, 1.82) is 0 Å². The van der Waals surface area contributed by atoms with Crippen LogP contribution in [0, 0.1) is 10.1 Å². The van der Waals surface area contributed by atoms with E-state index in [1.807, 2.05) is 29.2 Å². The molecule has 2 N–H and O–H groups in total. The van der Waals surface area contributed by atoms with Gasteiger partial charge in [-0.05, 0) is 43.2 Å². The minimum absolute atomic E-state index is 0.0655. The van der Waals surface area contributed by atoms with Crippen LogP contribution in [-0.4, -0.2) is 55.3 Å². The Labute approximate surface area is 168 Å². The van der Waals surface area contributed by atoms with Gasteiger partial charge in [-0.25, -0.2) is 9.37 Å². The Hall–Kier alpha value is -2.94. The highest BCUT2D eigenvalue weighted by atomic mass is 19.1. The first-order chi connectivity index (χ1) is 14.1. The van der Waals surface area contributed by atoms with E-state index < -0.39 is 11.1 Å². The van der Waals surface area contributed by atoms with E-state index in [-0.39, 0.29) is 11.5 Å². The van der Waals surface area contributed by atoms with Gasteiger partial charge in [-0.3, -0.25) is 10.1 Å². The fourth-order valence-corrected chi connectivity index (χ4v) is 3.80. The molecule has 154 valence electrons. The van der Waals surface area contributed by atoms with E-state index in [1.165, 1.54) is 6.07 Å².